The fourth-order valence-corrected chi connectivity index (χ4v) is 5.56. The minimum Gasteiger partial charge on any atom is -0.372 e. The Kier molecular flexibility index (Phi) is 4.84. The van der Waals surface area contributed by atoms with Gasteiger partial charge in [0, 0.05) is 11.3 Å². The summed E-state index contributed by atoms with van der Waals surface area (Å²) in [5, 5.41) is 11.3. The number of primary amides is 1. The van der Waals surface area contributed by atoms with Gasteiger partial charge in [0.25, 0.3) is 0 Å². The highest BCUT2D eigenvalue weighted by Gasteiger charge is 2.29. The molecule has 0 saturated heterocycles. The highest BCUT2D eigenvalue weighted by Crippen LogP contribution is 2.40. The van der Waals surface area contributed by atoms with E-state index in [1.807, 2.05) is 10.7 Å². The van der Waals surface area contributed by atoms with Crippen molar-refractivity contribution in [2.75, 3.05) is 12.0 Å². The van der Waals surface area contributed by atoms with Crippen LogP contribution in [0.15, 0.2) is 10.3 Å². The van der Waals surface area contributed by atoms with Crippen LogP contribution in [0.5, 0.6) is 0 Å². The van der Waals surface area contributed by atoms with Crippen molar-refractivity contribution in [2.45, 2.75) is 43.3 Å². The SMILES string of the molecule is CSc1nc2sc3c(c2c2nnc(SCC(N)=O)n12)CC(C(C)C)OC3. The van der Waals surface area contributed by atoms with Crippen LogP contribution in [0.4, 0.5) is 0 Å². The van der Waals surface area contributed by atoms with E-state index in [4.69, 9.17) is 15.5 Å². The molecule has 26 heavy (non-hydrogen) atoms. The number of fused-ring (bicyclic) bond motifs is 5. The van der Waals surface area contributed by atoms with Gasteiger partial charge in [0.15, 0.2) is 16.0 Å². The fourth-order valence-electron chi connectivity index (χ4n) is 3.12. The molecule has 10 heteroatoms. The van der Waals surface area contributed by atoms with E-state index >= 15 is 0 Å². The standard InChI is InChI=1S/C16H19N5O2S3/c1-7(2)9-4-8-10(5-23-9)26-14-12(8)13-19-20-16(25-6-11(17)22)21(13)15(18-14)24-3/h7,9H,4-6H2,1-3H3,(H2,17,22). The van der Waals surface area contributed by atoms with Gasteiger partial charge in [0.05, 0.1) is 23.8 Å². The summed E-state index contributed by atoms with van der Waals surface area (Å²) in [5.74, 6) is 0.237. The number of hydrogen-bond donors (Lipinski definition) is 1. The Labute approximate surface area is 163 Å². The topological polar surface area (TPSA) is 95.4 Å². The van der Waals surface area contributed by atoms with Gasteiger partial charge < -0.3 is 10.5 Å². The van der Waals surface area contributed by atoms with Crippen molar-refractivity contribution in [3.63, 3.8) is 0 Å². The van der Waals surface area contributed by atoms with E-state index in [1.54, 1.807) is 11.3 Å². The van der Waals surface area contributed by atoms with Gasteiger partial charge in [-0.1, -0.05) is 37.4 Å². The predicted molar refractivity (Wildman–Crippen MR) is 105 cm³/mol. The molecule has 1 amide bonds. The number of hydrogen-bond acceptors (Lipinski definition) is 8. The summed E-state index contributed by atoms with van der Waals surface area (Å²) in [5.41, 5.74) is 7.36. The average Bonchev–Trinajstić information content (AvgIpc) is 3.19. The summed E-state index contributed by atoms with van der Waals surface area (Å²) in [6.45, 7) is 4.98. The zero-order chi connectivity index (χ0) is 18.4. The van der Waals surface area contributed by atoms with Gasteiger partial charge in [0.1, 0.15) is 4.83 Å². The van der Waals surface area contributed by atoms with Gasteiger partial charge in [-0.3, -0.25) is 4.79 Å². The molecule has 0 saturated carbocycles. The molecule has 3 aromatic heterocycles. The van der Waals surface area contributed by atoms with Crippen molar-refractivity contribution in [1.82, 2.24) is 19.6 Å². The summed E-state index contributed by atoms with van der Waals surface area (Å²) < 4.78 is 7.95. The summed E-state index contributed by atoms with van der Waals surface area (Å²) in [7, 11) is 0. The molecule has 1 unspecified atom stereocenters. The maximum absolute atomic E-state index is 11.2. The van der Waals surface area contributed by atoms with Gasteiger partial charge in [-0.15, -0.1) is 21.5 Å². The first kappa shape index (κ1) is 18.0. The van der Waals surface area contributed by atoms with Crippen LogP contribution in [0.25, 0.3) is 15.9 Å². The smallest absolute Gasteiger partial charge is 0.227 e. The van der Waals surface area contributed by atoms with Gasteiger partial charge in [0.2, 0.25) is 5.91 Å². The van der Waals surface area contributed by atoms with Gasteiger partial charge in [-0.05, 0) is 17.7 Å². The first-order chi connectivity index (χ1) is 12.5. The lowest BCUT2D eigenvalue weighted by molar-refractivity contribution is -0.115. The molecule has 4 heterocycles. The van der Waals surface area contributed by atoms with Crippen LogP contribution in [0, 0.1) is 5.92 Å². The Morgan fingerprint density at radius 3 is 2.92 bits per heavy atom. The van der Waals surface area contributed by atoms with E-state index in [2.05, 4.69) is 24.0 Å². The monoisotopic (exact) mass is 409 g/mol. The second-order valence-electron chi connectivity index (χ2n) is 6.48. The van der Waals surface area contributed by atoms with Crippen molar-refractivity contribution in [2.24, 2.45) is 11.7 Å². The van der Waals surface area contributed by atoms with Crippen LogP contribution < -0.4 is 5.73 Å². The quantitative estimate of drug-likeness (QED) is 0.511. The van der Waals surface area contributed by atoms with E-state index in [-0.39, 0.29) is 17.8 Å². The van der Waals surface area contributed by atoms with Crippen molar-refractivity contribution >= 4 is 56.6 Å². The van der Waals surface area contributed by atoms with E-state index in [0.29, 0.717) is 17.7 Å². The van der Waals surface area contributed by atoms with Crippen LogP contribution in [-0.4, -0.2) is 43.6 Å². The van der Waals surface area contributed by atoms with Crippen molar-refractivity contribution in [3.8, 4) is 0 Å². The molecule has 0 aromatic carbocycles. The largest absolute Gasteiger partial charge is 0.372 e. The molecule has 2 N–H and O–H groups in total. The Bertz CT molecular complexity index is 997. The van der Waals surface area contributed by atoms with Crippen LogP contribution >= 0.6 is 34.9 Å². The lowest BCUT2D eigenvalue weighted by Gasteiger charge is -2.26. The third kappa shape index (κ3) is 2.98. The number of carbonyl (C=O) groups excluding carboxylic acids is 1. The summed E-state index contributed by atoms with van der Waals surface area (Å²) >= 11 is 4.50. The zero-order valence-corrected chi connectivity index (χ0v) is 17.1. The molecule has 7 nitrogen and oxygen atoms in total. The fraction of sp³-hybridized carbons (Fsp3) is 0.500. The molecule has 0 spiro atoms. The second kappa shape index (κ2) is 6.99. The molecule has 3 aromatic rings. The van der Waals surface area contributed by atoms with Gasteiger partial charge in [-0.25, -0.2) is 9.38 Å². The molecule has 1 aliphatic heterocycles. The highest BCUT2D eigenvalue weighted by atomic mass is 32.2. The number of thiophene rings is 1. The molecule has 1 aliphatic rings. The van der Waals surface area contributed by atoms with Crippen molar-refractivity contribution < 1.29 is 9.53 Å². The maximum Gasteiger partial charge on any atom is 0.227 e. The number of nitrogens with two attached hydrogens (primary N) is 1. The average molecular weight is 410 g/mol. The normalized spacial score (nSPS) is 17.3. The first-order valence-electron chi connectivity index (χ1n) is 8.25. The number of rotatable bonds is 5. The Morgan fingerprint density at radius 2 is 2.23 bits per heavy atom. The molecule has 4 rings (SSSR count). The molecular weight excluding hydrogens is 390 g/mol. The van der Waals surface area contributed by atoms with E-state index in [0.717, 1.165) is 27.4 Å². The number of aromatic nitrogens is 4. The number of ether oxygens (including phenoxy) is 1. The van der Waals surface area contributed by atoms with Crippen LogP contribution in [0.2, 0.25) is 0 Å². The molecule has 0 radical (unpaired) electrons. The Hall–Kier alpha value is -1.36. The van der Waals surface area contributed by atoms with Crippen LogP contribution in [-0.2, 0) is 22.6 Å². The third-order valence-corrected chi connectivity index (χ3v) is 7.11. The number of nitrogens with zero attached hydrogens (tertiary/aromatic N) is 4. The lowest BCUT2D eigenvalue weighted by Crippen LogP contribution is -2.26. The zero-order valence-electron chi connectivity index (χ0n) is 14.7. The summed E-state index contributed by atoms with van der Waals surface area (Å²) in [4.78, 5) is 18.2. The van der Waals surface area contributed by atoms with Gasteiger partial charge in [-0.2, -0.15) is 0 Å². The second-order valence-corrected chi connectivity index (χ2v) is 9.28. The Morgan fingerprint density at radius 1 is 1.42 bits per heavy atom. The maximum atomic E-state index is 11.2. The number of carbonyl (C=O) groups is 1. The third-order valence-electron chi connectivity index (χ3n) is 4.42. The summed E-state index contributed by atoms with van der Waals surface area (Å²) in [6.07, 6.45) is 3.04. The summed E-state index contributed by atoms with van der Waals surface area (Å²) in [6, 6.07) is 0. The first-order valence-corrected chi connectivity index (χ1v) is 11.3. The molecule has 138 valence electrons. The minimum absolute atomic E-state index is 0.164. The molecule has 0 aliphatic carbocycles. The minimum atomic E-state index is -0.378. The molecule has 0 fully saturated rings. The number of amides is 1. The lowest BCUT2D eigenvalue weighted by atomic mass is 9.96. The van der Waals surface area contributed by atoms with E-state index in [9.17, 15) is 4.79 Å². The molecular formula is C16H19N5O2S3. The van der Waals surface area contributed by atoms with Crippen LogP contribution in [0.1, 0.15) is 24.3 Å². The molecule has 1 atom stereocenters. The molecule has 0 bridgehead atoms. The Balaban J connectivity index is 1.91. The predicted octanol–water partition coefficient (Wildman–Crippen LogP) is 2.74. The van der Waals surface area contributed by atoms with E-state index < -0.39 is 0 Å². The van der Waals surface area contributed by atoms with Crippen LogP contribution in [0.3, 0.4) is 0 Å². The van der Waals surface area contributed by atoms with Crippen molar-refractivity contribution in [1.29, 1.82) is 0 Å². The van der Waals surface area contributed by atoms with Gasteiger partial charge >= 0.3 is 0 Å². The highest BCUT2D eigenvalue weighted by molar-refractivity contribution is 8.00. The van der Waals surface area contributed by atoms with E-state index in [1.165, 1.54) is 34.0 Å². The number of thioether (sulfide) groups is 2. The van der Waals surface area contributed by atoms with Crippen molar-refractivity contribution in [3.05, 3.63) is 10.4 Å².